The zero-order valence-corrected chi connectivity index (χ0v) is 9.09. The smallest absolute Gasteiger partial charge is 0.192 e. The minimum absolute atomic E-state index is 0.114. The molecule has 0 saturated heterocycles. The quantitative estimate of drug-likeness (QED) is 0.634. The van der Waals surface area contributed by atoms with Gasteiger partial charge in [0.25, 0.3) is 0 Å². The van der Waals surface area contributed by atoms with E-state index in [1.807, 2.05) is 19.1 Å². The van der Waals surface area contributed by atoms with Gasteiger partial charge in [-0.15, -0.1) is 0 Å². The maximum absolute atomic E-state index is 5.49. The highest BCUT2D eigenvalue weighted by atomic mass is 16.3. The maximum Gasteiger partial charge on any atom is 0.192 e. The third-order valence-electron chi connectivity index (χ3n) is 2.33. The first-order chi connectivity index (χ1) is 6.48. The number of fused-ring (bicyclic) bond motifs is 1. The molecule has 0 fully saturated rings. The molecule has 14 heavy (non-hydrogen) atoms. The molecule has 1 aromatic carbocycles. The molecule has 2 aromatic rings. The van der Waals surface area contributed by atoms with Crippen LogP contribution < -0.4 is 0 Å². The van der Waals surface area contributed by atoms with Crippen LogP contribution in [0.15, 0.2) is 22.6 Å². The monoisotopic (exact) mass is 189 g/mol. The molecule has 2 nitrogen and oxygen atoms in total. The van der Waals surface area contributed by atoms with E-state index in [4.69, 9.17) is 4.42 Å². The molecular formula is C12H15NO. The van der Waals surface area contributed by atoms with Crippen LogP contribution in [0.4, 0.5) is 0 Å². The Balaban J connectivity index is 2.77. The first-order valence-electron chi connectivity index (χ1n) is 4.85. The summed E-state index contributed by atoms with van der Waals surface area (Å²) in [5.41, 5.74) is 3.24. The summed E-state index contributed by atoms with van der Waals surface area (Å²) in [6.07, 6.45) is 0. The lowest BCUT2D eigenvalue weighted by molar-refractivity contribution is 0.560. The van der Waals surface area contributed by atoms with Crippen LogP contribution in [0.1, 0.15) is 32.2 Å². The number of para-hydroxylation sites is 1. The van der Waals surface area contributed by atoms with Gasteiger partial charge < -0.3 is 4.42 Å². The predicted octanol–water partition coefficient (Wildman–Crippen LogP) is 3.43. The van der Waals surface area contributed by atoms with E-state index >= 15 is 0 Å². The summed E-state index contributed by atoms with van der Waals surface area (Å²) in [6, 6.07) is 6.10. The topological polar surface area (TPSA) is 26.0 Å². The summed E-state index contributed by atoms with van der Waals surface area (Å²) < 4.78 is 5.49. The second kappa shape index (κ2) is 2.84. The second-order valence-corrected chi connectivity index (χ2v) is 4.64. The normalized spacial score (nSPS) is 12.3. The van der Waals surface area contributed by atoms with Gasteiger partial charge in [0.2, 0.25) is 0 Å². The molecule has 0 atom stereocenters. The number of aromatic nitrogens is 1. The highest BCUT2D eigenvalue weighted by Crippen LogP contribution is 2.29. The Morgan fingerprint density at radius 2 is 1.93 bits per heavy atom. The first-order valence-corrected chi connectivity index (χ1v) is 4.85. The molecule has 1 aromatic heterocycles. The minimum atomic E-state index is 0.114. The molecule has 0 spiro atoms. The fourth-order valence-corrected chi connectivity index (χ4v) is 1.66. The van der Waals surface area contributed by atoms with Crippen LogP contribution in [-0.2, 0) is 5.41 Å². The molecule has 0 bridgehead atoms. The number of hydrogen-bond donors (Lipinski definition) is 0. The lowest BCUT2D eigenvalue weighted by Gasteiger charge is -2.18. The average Bonchev–Trinajstić information content (AvgIpc) is 2.41. The molecule has 2 rings (SSSR count). The van der Waals surface area contributed by atoms with Crippen LogP contribution >= 0.6 is 0 Å². The molecule has 0 aliphatic heterocycles. The number of rotatable bonds is 0. The zero-order valence-electron chi connectivity index (χ0n) is 9.09. The summed E-state index contributed by atoms with van der Waals surface area (Å²) in [4.78, 5) is 4.41. The van der Waals surface area contributed by atoms with E-state index in [1.165, 1.54) is 5.56 Å². The number of oxazole rings is 1. The highest BCUT2D eigenvalue weighted by molar-refractivity contribution is 5.77. The van der Waals surface area contributed by atoms with Crippen LogP contribution in [0, 0.1) is 6.92 Å². The number of nitrogens with zero attached hydrogens (tertiary/aromatic N) is 1. The van der Waals surface area contributed by atoms with Gasteiger partial charge in [-0.1, -0.05) is 32.9 Å². The van der Waals surface area contributed by atoms with Crippen molar-refractivity contribution < 1.29 is 4.42 Å². The van der Waals surface area contributed by atoms with E-state index in [0.717, 1.165) is 17.0 Å². The summed E-state index contributed by atoms with van der Waals surface area (Å²) >= 11 is 0. The Morgan fingerprint density at radius 3 is 2.57 bits per heavy atom. The number of aryl methyl sites for hydroxylation is 1. The first kappa shape index (κ1) is 9.25. The van der Waals surface area contributed by atoms with E-state index in [9.17, 15) is 0 Å². The highest BCUT2D eigenvalue weighted by Gasteiger charge is 2.18. The molecule has 0 aliphatic rings. The van der Waals surface area contributed by atoms with Crippen molar-refractivity contribution in [2.75, 3.05) is 0 Å². The average molecular weight is 189 g/mol. The van der Waals surface area contributed by atoms with Crippen LogP contribution in [-0.4, -0.2) is 4.98 Å². The van der Waals surface area contributed by atoms with E-state index in [2.05, 4.69) is 31.8 Å². The minimum Gasteiger partial charge on any atom is -0.441 e. The maximum atomic E-state index is 5.49. The Morgan fingerprint density at radius 1 is 1.21 bits per heavy atom. The van der Waals surface area contributed by atoms with E-state index in [0.29, 0.717) is 0 Å². The fraction of sp³-hybridized carbons (Fsp3) is 0.417. The van der Waals surface area contributed by atoms with Gasteiger partial charge >= 0.3 is 0 Å². The van der Waals surface area contributed by atoms with Crippen molar-refractivity contribution in [2.24, 2.45) is 0 Å². The van der Waals surface area contributed by atoms with Crippen LogP contribution in [0.3, 0.4) is 0 Å². The Hall–Kier alpha value is -1.31. The molecule has 0 aliphatic carbocycles. The van der Waals surface area contributed by atoms with Crippen molar-refractivity contribution in [2.45, 2.75) is 33.1 Å². The van der Waals surface area contributed by atoms with Gasteiger partial charge in [-0.25, -0.2) is 4.98 Å². The molecular weight excluding hydrogens is 174 g/mol. The van der Waals surface area contributed by atoms with Crippen molar-refractivity contribution in [1.82, 2.24) is 4.98 Å². The van der Waals surface area contributed by atoms with Crippen LogP contribution in [0.2, 0.25) is 0 Å². The summed E-state index contributed by atoms with van der Waals surface area (Å²) in [7, 11) is 0. The second-order valence-electron chi connectivity index (χ2n) is 4.64. The van der Waals surface area contributed by atoms with Gasteiger partial charge in [0.1, 0.15) is 5.52 Å². The molecule has 0 saturated carbocycles. The predicted molar refractivity (Wildman–Crippen MR) is 57.4 cm³/mol. The summed E-state index contributed by atoms with van der Waals surface area (Å²) in [5, 5.41) is 0. The molecule has 74 valence electrons. The standard InChI is InChI=1S/C12H15NO/c1-8-13-11-9(12(2,3)4)6-5-7-10(11)14-8/h5-7H,1-4H3. The molecule has 0 unspecified atom stereocenters. The van der Waals surface area contributed by atoms with Crippen LogP contribution in [0.25, 0.3) is 11.1 Å². The Labute approximate surface area is 84.0 Å². The molecule has 0 amide bonds. The van der Waals surface area contributed by atoms with Crippen molar-refractivity contribution >= 4 is 11.1 Å². The van der Waals surface area contributed by atoms with Crippen LogP contribution in [0.5, 0.6) is 0 Å². The third-order valence-corrected chi connectivity index (χ3v) is 2.33. The summed E-state index contributed by atoms with van der Waals surface area (Å²) in [5.74, 6) is 0.733. The zero-order chi connectivity index (χ0) is 10.3. The van der Waals surface area contributed by atoms with Gasteiger partial charge in [0.05, 0.1) is 0 Å². The Kier molecular flexibility index (Phi) is 1.88. The molecule has 0 N–H and O–H groups in total. The Bertz CT molecular complexity index is 463. The lowest BCUT2D eigenvalue weighted by Crippen LogP contribution is -2.11. The van der Waals surface area contributed by atoms with Crippen molar-refractivity contribution in [3.8, 4) is 0 Å². The van der Waals surface area contributed by atoms with E-state index in [1.54, 1.807) is 0 Å². The van der Waals surface area contributed by atoms with Crippen molar-refractivity contribution in [1.29, 1.82) is 0 Å². The van der Waals surface area contributed by atoms with Gasteiger partial charge in [0.15, 0.2) is 11.5 Å². The largest absolute Gasteiger partial charge is 0.441 e. The van der Waals surface area contributed by atoms with Gasteiger partial charge in [-0.3, -0.25) is 0 Å². The van der Waals surface area contributed by atoms with Gasteiger partial charge in [-0.05, 0) is 17.0 Å². The number of hydrogen-bond acceptors (Lipinski definition) is 2. The van der Waals surface area contributed by atoms with Gasteiger partial charge in [0, 0.05) is 6.92 Å². The summed E-state index contributed by atoms with van der Waals surface area (Å²) in [6.45, 7) is 8.44. The molecule has 0 radical (unpaired) electrons. The SMILES string of the molecule is Cc1nc2c(C(C)(C)C)cccc2o1. The van der Waals surface area contributed by atoms with Crippen molar-refractivity contribution in [3.63, 3.8) is 0 Å². The molecule has 1 heterocycles. The fourth-order valence-electron chi connectivity index (χ4n) is 1.66. The van der Waals surface area contributed by atoms with Gasteiger partial charge in [-0.2, -0.15) is 0 Å². The third kappa shape index (κ3) is 1.41. The number of benzene rings is 1. The molecule has 2 heteroatoms. The lowest BCUT2D eigenvalue weighted by atomic mass is 9.86. The van der Waals surface area contributed by atoms with E-state index in [-0.39, 0.29) is 5.41 Å². The van der Waals surface area contributed by atoms with E-state index < -0.39 is 0 Å². The van der Waals surface area contributed by atoms with Crippen molar-refractivity contribution in [3.05, 3.63) is 29.7 Å².